The van der Waals surface area contributed by atoms with Gasteiger partial charge in [-0.05, 0) is 98.0 Å². The van der Waals surface area contributed by atoms with Crippen molar-refractivity contribution in [1.82, 2.24) is 4.98 Å². The van der Waals surface area contributed by atoms with Gasteiger partial charge in [-0.15, -0.1) is 11.3 Å². The standard InChI is InChI=1S/C35H51NO3S/c1-6-7-10-26-22-40-32(36-26)35(18-19-35)31(39)15-17-33(3,4)30-14-13-28-24(9-8-16-34(28,30)5)11-12-25-20-27(37)21-29(38)23(25)2/h11-12,15,17,22,27-31,37-39H,2,6-10,13-14,16,18-21H2,1,3-5H3/t27-,28+,29+,30-,31+,34+/m1/s1. The average Bonchev–Trinajstić information content (AvgIpc) is 3.43. The molecular formula is C35H51NO3S. The van der Waals surface area contributed by atoms with Gasteiger partial charge < -0.3 is 15.3 Å². The molecule has 0 unspecified atom stereocenters. The number of hydrogen-bond donors (Lipinski definition) is 3. The molecule has 6 atom stereocenters. The Morgan fingerprint density at radius 1 is 1.20 bits per heavy atom. The number of aryl methyl sites for hydroxylation is 1. The van der Waals surface area contributed by atoms with Crippen LogP contribution in [-0.4, -0.2) is 38.6 Å². The van der Waals surface area contributed by atoms with E-state index in [1.54, 1.807) is 11.3 Å². The lowest BCUT2D eigenvalue weighted by Gasteiger charge is -2.47. The van der Waals surface area contributed by atoms with E-state index in [-0.39, 0.29) is 16.2 Å². The molecule has 4 aliphatic carbocycles. The van der Waals surface area contributed by atoms with Crippen molar-refractivity contribution in [3.8, 4) is 0 Å². The predicted octanol–water partition coefficient (Wildman–Crippen LogP) is 7.60. The summed E-state index contributed by atoms with van der Waals surface area (Å²) in [6, 6.07) is 0. The Balaban J connectivity index is 1.30. The first-order chi connectivity index (χ1) is 19.0. The third-order valence-corrected chi connectivity index (χ3v) is 12.1. The maximum Gasteiger partial charge on any atom is 0.102 e. The van der Waals surface area contributed by atoms with Crippen molar-refractivity contribution in [2.24, 2.45) is 22.7 Å². The molecule has 0 amide bonds. The van der Waals surface area contributed by atoms with E-state index in [0.29, 0.717) is 24.7 Å². The molecule has 0 saturated heterocycles. The summed E-state index contributed by atoms with van der Waals surface area (Å²) in [4.78, 5) is 4.94. The van der Waals surface area contributed by atoms with E-state index >= 15 is 0 Å². The molecule has 220 valence electrons. The van der Waals surface area contributed by atoms with Gasteiger partial charge in [0.2, 0.25) is 0 Å². The third kappa shape index (κ3) is 5.73. The van der Waals surface area contributed by atoms with Crippen molar-refractivity contribution in [3.63, 3.8) is 0 Å². The quantitative estimate of drug-likeness (QED) is 0.270. The number of aliphatic hydroxyl groups excluding tert-OH is 3. The summed E-state index contributed by atoms with van der Waals surface area (Å²) in [5, 5.41) is 35.2. The number of fused-ring (bicyclic) bond motifs is 1. The minimum atomic E-state index is -0.641. The number of nitrogens with zero attached hydrogens (tertiary/aromatic N) is 1. The molecule has 4 fully saturated rings. The fraction of sp³-hybridized carbons (Fsp3) is 0.686. The molecule has 0 radical (unpaired) electrons. The molecule has 0 bridgehead atoms. The topological polar surface area (TPSA) is 73.6 Å². The van der Waals surface area contributed by atoms with E-state index in [1.807, 2.05) is 0 Å². The zero-order chi connectivity index (χ0) is 28.7. The molecule has 1 aromatic rings. The van der Waals surface area contributed by atoms with Crippen LogP contribution < -0.4 is 0 Å². The van der Waals surface area contributed by atoms with Crippen LogP contribution in [-0.2, 0) is 11.8 Å². The minimum Gasteiger partial charge on any atom is -0.393 e. The van der Waals surface area contributed by atoms with Crippen molar-refractivity contribution in [2.75, 3.05) is 0 Å². The van der Waals surface area contributed by atoms with Crippen LogP contribution in [0.1, 0.15) is 109 Å². The number of thiazole rings is 1. The summed E-state index contributed by atoms with van der Waals surface area (Å²) in [5.74, 6) is 1.10. The van der Waals surface area contributed by atoms with Crippen LogP contribution in [0, 0.1) is 22.7 Å². The number of aromatic nitrogens is 1. The molecule has 3 N–H and O–H groups in total. The Hall–Kier alpha value is -1.53. The lowest BCUT2D eigenvalue weighted by Crippen LogP contribution is -2.39. The average molecular weight is 566 g/mol. The fourth-order valence-electron chi connectivity index (χ4n) is 8.35. The third-order valence-electron chi connectivity index (χ3n) is 11.0. The second-order valence-corrected chi connectivity index (χ2v) is 15.0. The molecule has 4 saturated carbocycles. The van der Waals surface area contributed by atoms with Crippen LogP contribution in [0.25, 0.3) is 0 Å². The van der Waals surface area contributed by atoms with E-state index in [0.717, 1.165) is 41.8 Å². The van der Waals surface area contributed by atoms with Gasteiger partial charge in [-0.25, -0.2) is 4.98 Å². The highest BCUT2D eigenvalue weighted by molar-refractivity contribution is 7.09. The van der Waals surface area contributed by atoms with Crippen molar-refractivity contribution in [2.45, 2.75) is 128 Å². The van der Waals surface area contributed by atoms with Crippen LogP contribution in [0.4, 0.5) is 0 Å². The second-order valence-electron chi connectivity index (χ2n) is 14.1. The van der Waals surface area contributed by atoms with Crippen molar-refractivity contribution in [3.05, 3.63) is 63.7 Å². The van der Waals surface area contributed by atoms with Gasteiger partial charge in [0.15, 0.2) is 0 Å². The Bertz CT molecular complexity index is 1170. The van der Waals surface area contributed by atoms with Gasteiger partial charge in [-0.2, -0.15) is 0 Å². The maximum atomic E-state index is 11.4. The van der Waals surface area contributed by atoms with Gasteiger partial charge in [0.05, 0.1) is 29.4 Å². The van der Waals surface area contributed by atoms with Gasteiger partial charge >= 0.3 is 0 Å². The van der Waals surface area contributed by atoms with E-state index in [9.17, 15) is 15.3 Å². The van der Waals surface area contributed by atoms with E-state index in [1.165, 1.54) is 49.8 Å². The number of aliphatic hydroxyl groups is 3. The first-order valence-corrected chi connectivity index (χ1v) is 16.7. The Morgan fingerprint density at radius 2 is 1.98 bits per heavy atom. The Labute approximate surface area is 246 Å². The number of unbranched alkanes of at least 4 members (excludes halogenated alkanes) is 1. The van der Waals surface area contributed by atoms with Crippen molar-refractivity contribution in [1.29, 1.82) is 0 Å². The molecule has 1 heterocycles. The van der Waals surface area contributed by atoms with Crippen LogP contribution >= 0.6 is 11.3 Å². The Morgan fingerprint density at radius 3 is 2.70 bits per heavy atom. The van der Waals surface area contributed by atoms with Crippen LogP contribution in [0.3, 0.4) is 0 Å². The highest BCUT2D eigenvalue weighted by Crippen LogP contribution is 2.62. The molecule has 0 aliphatic heterocycles. The molecule has 0 spiro atoms. The smallest absolute Gasteiger partial charge is 0.102 e. The predicted molar refractivity (Wildman–Crippen MR) is 165 cm³/mol. The largest absolute Gasteiger partial charge is 0.393 e. The first kappa shape index (κ1) is 29.9. The zero-order valence-electron chi connectivity index (χ0n) is 25.2. The molecule has 1 aromatic heterocycles. The van der Waals surface area contributed by atoms with E-state index in [4.69, 9.17) is 4.98 Å². The SMILES string of the molecule is C=C1C(=CC=C2CCC[C@]3(C)[C@@H](C(C)(C)C=C[C@H](O)C4(c5nc(CCCC)cs5)CC4)CC[C@@H]23)C[C@@H](O)C[C@@H]1O. The van der Waals surface area contributed by atoms with Gasteiger partial charge in [0, 0.05) is 11.8 Å². The molecule has 40 heavy (non-hydrogen) atoms. The number of hydrogen-bond acceptors (Lipinski definition) is 5. The second kappa shape index (κ2) is 11.6. The number of rotatable bonds is 9. The van der Waals surface area contributed by atoms with E-state index < -0.39 is 18.3 Å². The summed E-state index contributed by atoms with van der Waals surface area (Å²) in [5.41, 5.74) is 4.50. The number of allylic oxidation sites excluding steroid dienone is 4. The Kier molecular flexibility index (Phi) is 8.70. The summed E-state index contributed by atoms with van der Waals surface area (Å²) in [6.07, 6.45) is 19.6. The summed E-state index contributed by atoms with van der Waals surface area (Å²) in [6.45, 7) is 13.6. The zero-order valence-corrected chi connectivity index (χ0v) is 26.0. The molecule has 0 aromatic carbocycles. The molecule has 4 nitrogen and oxygen atoms in total. The summed E-state index contributed by atoms with van der Waals surface area (Å²) in [7, 11) is 0. The lowest BCUT2D eigenvalue weighted by atomic mass is 9.57. The van der Waals surface area contributed by atoms with Gasteiger partial charge in [0.1, 0.15) is 5.01 Å². The van der Waals surface area contributed by atoms with Gasteiger partial charge in [0.25, 0.3) is 0 Å². The highest BCUT2D eigenvalue weighted by Gasteiger charge is 2.54. The molecule has 5 heteroatoms. The van der Waals surface area contributed by atoms with Gasteiger partial charge in [-0.3, -0.25) is 0 Å². The van der Waals surface area contributed by atoms with Gasteiger partial charge in [-0.1, -0.05) is 70.6 Å². The maximum absolute atomic E-state index is 11.4. The van der Waals surface area contributed by atoms with Crippen LogP contribution in [0.15, 0.2) is 53.0 Å². The highest BCUT2D eigenvalue weighted by atomic mass is 32.1. The van der Waals surface area contributed by atoms with Crippen molar-refractivity contribution >= 4 is 11.3 Å². The normalized spacial score (nSPS) is 35.0. The lowest BCUT2D eigenvalue weighted by molar-refractivity contribution is 0.0706. The monoisotopic (exact) mass is 565 g/mol. The van der Waals surface area contributed by atoms with E-state index in [2.05, 4.69) is 64.0 Å². The van der Waals surface area contributed by atoms with Crippen molar-refractivity contribution < 1.29 is 15.3 Å². The molecule has 4 aliphatic rings. The fourth-order valence-corrected chi connectivity index (χ4v) is 9.49. The summed E-state index contributed by atoms with van der Waals surface area (Å²) >= 11 is 1.74. The first-order valence-electron chi connectivity index (χ1n) is 15.8. The molecular weight excluding hydrogens is 514 g/mol. The van der Waals surface area contributed by atoms with Crippen LogP contribution in [0.5, 0.6) is 0 Å². The summed E-state index contributed by atoms with van der Waals surface area (Å²) < 4.78 is 0. The minimum absolute atomic E-state index is 0.0114. The van der Waals surface area contributed by atoms with Crippen LogP contribution in [0.2, 0.25) is 0 Å². The molecule has 5 rings (SSSR count).